The van der Waals surface area contributed by atoms with Gasteiger partial charge in [-0.3, -0.25) is 0 Å². The zero-order valence-corrected chi connectivity index (χ0v) is 30.7. The molecule has 10 rings (SSSR count). The average Bonchev–Trinajstić information content (AvgIpc) is 3.59. The molecule has 0 bridgehead atoms. The predicted molar refractivity (Wildman–Crippen MR) is 225 cm³/mol. The predicted octanol–water partition coefficient (Wildman–Crippen LogP) is 14.3. The Balaban J connectivity index is 1.34. The van der Waals surface area contributed by atoms with Crippen LogP contribution in [0.3, 0.4) is 0 Å². The number of nitrogens with zero attached hydrogens (tertiary/aromatic N) is 1. The van der Waals surface area contributed by atoms with Crippen LogP contribution in [0.4, 0.5) is 17.1 Å². The van der Waals surface area contributed by atoms with Crippen molar-refractivity contribution in [2.24, 2.45) is 0 Å². The first-order chi connectivity index (χ1) is 25.8. The van der Waals surface area contributed by atoms with E-state index in [9.17, 15) is 0 Å². The van der Waals surface area contributed by atoms with Crippen LogP contribution in [0.5, 0.6) is 0 Å². The molecule has 0 amide bonds. The van der Waals surface area contributed by atoms with Gasteiger partial charge in [0.25, 0.3) is 0 Å². The van der Waals surface area contributed by atoms with Gasteiger partial charge in [0.15, 0.2) is 0 Å². The summed E-state index contributed by atoms with van der Waals surface area (Å²) in [7, 11) is 0. The van der Waals surface area contributed by atoms with E-state index < -0.39 is 0 Å². The van der Waals surface area contributed by atoms with E-state index >= 15 is 0 Å². The summed E-state index contributed by atoms with van der Waals surface area (Å²) in [5.41, 5.74) is 18.9. The van der Waals surface area contributed by atoms with Crippen LogP contribution in [-0.4, -0.2) is 0 Å². The zero-order chi connectivity index (χ0) is 35.9. The van der Waals surface area contributed by atoms with Gasteiger partial charge in [0, 0.05) is 33.3 Å². The first-order valence-corrected chi connectivity index (χ1v) is 18.8. The molecule has 0 aromatic heterocycles. The van der Waals surface area contributed by atoms with Crippen molar-refractivity contribution in [1.82, 2.24) is 0 Å². The van der Waals surface area contributed by atoms with Crippen LogP contribution >= 0.6 is 0 Å². The Hall–Kier alpha value is -6.18. The Kier molecular flexibility index (Phi) is 6.94. The Bertz CT molecular complexity index is 2700. The molecule has 0 spiro atoms. The first kappa shape index (κ1) is 31.5. The number of fused-ring (bicyclic) bond motifs is 8. The first-order valence-electron chi connectivity index (χ1n) is 18.8. The maximum Gasteiger partial charge on any atom is 0.0628 e. The molecule has 0 fully saturated rings. The summed E-state index contributed by atoms with van der Waals surface area (Å²) in [5, 5.41) is 2.59. The van der Waals surface area contributed by atoms with Gasteiger partial charge in [-0.2, -0.15) is 0 Å². The normalized spacial score (nSPS) is 14.3. The van der Waals surface area contributed by atoms with E-state index in [-0.39, 0.29) is 10.8 Å². The van der Waals surface area contributed by atoms with E-state index in [1.807, 2.05) is 0 Å². The molecule has 0 saturated carbocycles. The van der Waals surface area contributed by atoms with Crippen molar-refractivity contribution in [3.8, 4) is 44.5 Å². The summed E-state index contributed by atoms with van der Waals surface area (Å²) in [4.78, 5) is 2.57. The number of benzene rings is 8. The van der Waals surface area contributed by atoms with Gasteiger partial charge in [0.05, 0.1) is 5.69 Å². The van der Waals surface area contributed by atoms with Gasteiger partial charge >= 0.3 is 0 Å². The lowest BCUT2D eigenvalue weighted by atomic mass is 9.78. The Morgan fingerprint density at radius 3 is 1.57 bits per heavy atom. The average molecular weight is 680 g/mol. The monoisotopic (exact) mass is 679 g/mol. The third kappa shape index (κ3) is 4.63. The van der Waals surface area contributed by atoms with Crippen molar-refractivity contribution < 1.29 is 0 Å². The lowest BCUT2D eigenvalue weighted by molar-refractivity contribution is 0.660. The highest BCUT2D eigenvalue weighted by atomic mass is 15.1. The van der Waals surface area contributed by atoms with E-state index in [4.69, 9.17) is 0 Å². The maximum atomic E-state index is 2.57. The van der Waals surface area contributed by atoms with Crippen molar-refractivity contribution >= 4 is 27.8 Å². The minimum Gasteiger partial charge on any atom is -0.309 e. The van der Waals surface area contributed by atoms with Crippen molar-refractivity contribution in [2.75, 3.05) is 4.90 Å². The van der Waals surface area contributed by atoms with Crippen LogP contribution < -0.4 is 4.90 Å². The number of rotatable bonds is 5. The van der Waals surface area contributed by atoms with E-state index in [0.29, 0.717) is 0 Å². The van der Waals surface area contributed by atoms with Crippen LogP contribution in [0, 0.1) is 0 Å². The molecule has 0 aliphatic heterocycles. The molecule has 0 saturated heterocycles. The van der Waals surface area contributed by atoms with E-state index in [0.717, 1.165) is 11.4 Å². The standard InChI is InChI=1S/C52H41N/c1-51(2)44-25-15-13-21-39(44)40-32-31-38(33-46(40)51)53(37-29-27-35(28-30-37)34-17-7-5-8-18-34)50-47(36-19-9-6-10-20-36)41-22-11-12-23-42(41)49-48(50)43-24-14-16-26-45(43)52(49,3)4/h5-33H,1-4H3. The van der Waals surface area contributed by atoms with E-state index in [1.54, 1.807) is 0 Å². The van der Waals surface area contributed by atoms with Crippen LogP contribution in [0.15, 0.2) is 176 Å². The van der Waals surface area contributed by atoms with E-state index in [1.165, 1.54) is 83.2 Å². The van der Waals surface area contributed by atoms with E-state index in [2.05, 4.69) is 209 Å². The lowest BCUT2D eigenvalue weighted by Gasteiger charge is -2.34. The molecule has 0 heterocycles. The summed E-state index contributed by atoms with van der Waals surface area (Å²) < 4.78 is 0. The largest absolute Gasteiger partial charge is 0.309 e. The van der Waals surface area contributed by atoms with Crippen LogP contribution in [-0.2, 0) is 10.8 Å². The zero-order valence-electron chi connectivity index (χ0n) is 30.7. The van der Waals surface area contributed by atoms with Gasteiger partial charge < -0.3 is 4.90 Å². The minimum atomic E-state index is -0.195. The Labute approximate surface area is 312 Å². The molecule has 0 unspecified atom stereocenters. The van der Waals surface area contributed by atoms with Gasteiger partial charge in [-0.25, -0.2) is 0 Å². The van der Waals surface area contributed by atoms with Crippen molar-refractivity contribution in [1.29, 1.82) is 0 Å². The highest BCUT2D eigenvalue weighted by molar-refractivity contribution is 6.15. The SMILES string of the molecule is CC1(C)c2ccccc2-c2ccc(N(c3ccc(-c4ccccc4)cc3)c3c4c(c5ccccc5c3-c3ccccc3)C(C)(C)c3ccccc3-4)cc21. The number of hydrogen-bond donors (Lipinski definition) is 0. The number of anilines is 3. The Morgan fingerprint density at radius 2 is 0.868 bits per heavy atom. The topological polar surface area (TPSA) is 3.24 Å². The van der Waals surface area contributed by atoms with Gasteiger partial charge in [0.1, 0.15) is 0 Å². The fourth-order valence-corrected chi connectivity index (χ4v) is 9.51. The third-order valence-electron chi connectivity index (χ3n) is 12.0. The molecule has 8 aromatic rings. The quantitative estimate of drug-likeness (QED) is 0.175. The molecule has 254 valence electrons. The van der Waals surface area contributed by atoms with Crippen LogP contribution in [0.25, 0.3) is 55.3 Å². The van der Waals surface area contributed by atoms with Gasteiger partial charge in [0.2, 0.25) is 0 Å². The third-order valence-corrected chi connectivity index (χ3v) is 12.0. The fraction of sp³-hybridized carbons (Fsp3) is 0.115. The molecule has 53 heavy (non-hydrogen) atoms. The molecule has 1 nitrogen and oxygen atoms in total. The molecule has 0 atom stereocenters. The second-order valence-corrected chi connectivity index (χ2v) is 15.7. The maximum absolute atomic E-state index is 2.57. The number of hydrogen-bond acceptors (Lipinski definition) is 1. The van der Waals surface area contributed by atoms with Crippen LogP contribution in [0.2, 0.25) is 0 Å². The highest BCUT2D eigenvalue weighted by Gasteiger charge is 2.42. The van der Waals surface area contributed by atoms with Crippen molar-refractivity contribution in [3.05, 3.63) is 198 Å². The van der Waals surface area contributed by atoms with Crippen LogP contribution in [0.1, 0.15) is 49.9 Å². The molecular formula is C52H41N. The summed E-state index contributed by atoms with van der Waals surface area (Å²) in [6.07, 6.45) is 0. The van der Waals surface area contributed by atoms with Gasteiger partial charge in [-0.05, 0) is 90.7 Å². The molecule has 0 N–H and O–H groups in total. The molecule has 8 aromatic carbocycles. The smallest absolute Gasteiger partial charge is 0.0628 e. The van der Waals surface area contributed by atoms with Gasteiger partial charge in [-0.1, -0.05) is 179 Å². The van der Waals surface area contributed by atoms with Crippen molar-refractivity contribution in [3.63, 3.8) is 0 Å². The molecule has 0 radical (unpaired) electrons. The minimum absolute atomic E-state index is 0.132. The Morgan fingerprint density at radius 1 is 0.358 bits per heavy atom. The van der Waals surface area contributed by atoms with Gasteiger partial charge in [-0.15, -0.1) is 0 Å². The molecular weight excluding hydrogens is 639 g/mol. The summed E-state index contributed by atoms with van der Waals surface area (Å²) in [5.74, 6) is 0. The van der Waals surface area contributed by atoms with Crippen molar-refractivity contribution in [2.45, 2.75) is 38.5 Å². The molecule has 2 aliphatic rings. The fourth-order valence-electron chi connectivity index (χ4n) is 9.51. The molecule has 2 aliphatic carbocycles. The summed E-state index contributed by atoms with van der Waals surface area (Å²) in [6, 6.07) is 65.2. The second-order valence-electron chi connectivity index (χ2n) is 15.7. The second kappa shape index (κ2) is 11.7. The lowest BCUT2D eigenvalue weighted by Crippen LogP contribution is -2.19. The summed E-state index contributed by atoms with van der Waals surface area (Å²) in [6.45, 7) is 9.57. The summed E-state index contributed by atoms with van der Waals surface area (Å²) >= 11 is 0. The highest BCUT2D eigenvalue weighted by Crippen LogP contribution is 2.60. The molecule has 1 heteroatoms.